The summed E-state index contributed by atoms with van der Waals surface area (Å²) in [6.45, 7) is 18.0. The maximum Gasteiger partial charge on any atom is 0.349 e. The third-order valence-electron chi connectivity index (χ3n) is 7.76. The summed E-state index contributed by atoms with van der Waals surface area (Å²) in [7, 11) is 0. The van der Waals surface area contributed by atoms with Gasteiger partial charge >= 0.3 is 23.9 Å². The lowest BCUT2D eigenvalue weighted by atomic mass is 10.1. The van der Waals surface area contributed by atoms with E-state index in [2.05, 4.69) is 23.0 Å². The highest BCUT2D eigenvalue weighted by molar-refractivity contribution is 5.98. The molecule has 0 saturated carbocycles. The highest BCUT2D eigenvalue weighted by Gasteiger charge is 2.14. The number of likely N-dealkylation sites (N-methyl/N-ethyl adjacent to an activating group) is 2. The normalized spacial score (nSPS) is 11.0. The molecule has 14 nitrogen and oxygen atoms in total. The van der Waals surface area contributed by atoms with Crippen molar-refractivity contribution in [3.63, 3.8) is 0 Å². The molecule has 0 N–H and O–H groups in total. The number of hydrogen-bond donors (Lipinski definition) is 0. The molecular formula is C42H50N4O10. The zero-order chi connectivity index (χ0) is 41.3. The summed E-state index contributed by atoms with van der Waals surface area (Å²) in [5.74, 6) is -2.78. The van der Waals surface area contributed by atoms with E-state index in [1.165, 1.54) is 26.0 Å². The lowest BCUT2D eigenvalue weighted by molar-refractivity contribution is -0.147. The standard InChI is InChI=1S/C42H50N4O10/c1-7-45(37-13-9-33(10-14-37)27-35(29-43)41(49)55-25-23-53-39(47)31(3)4)17-19-51-21-22-52-20-18-46(8-2)38-15-11-34(12-16-38)28-36(30-44)42(50)56-26-24-54-40(48)32(5)6/h9-16,27-28H,3,5,7-8,17-26H2,1-2,4,6H3. The summed E-state index contributed by atoms with van der Waals surface area (Å²) in [5, 5.41) is 18.9. The number of rotatable bonds is 25. The highest BCUT2D eigenvalue weighted by Crippen LogP contribution is 2.19. The first-order chi connectivity index (χ1) is 26.9. The average Bonchev–Trinajstić information content (AvgIpc) is 3.20. The van der Waals surface area contributed by atoms with Gasteiger partial charge < -0.3 is 38.2 Å². The van der Waals surface area contributed by atoms with Crippen LogP contribution in [0.3, 0.4) is 0 Å². The van der Waals surface area contributed by atoms with Gasteiger partial charge in [-0.1, -0.05) is 37.4 Å². The predicted molar refractivity (Wildman–Crippen MR) is 211 cm³/mol. The van der Waals surface area contributed by atoms with E-state index in [-0.39, 0.29) is 48.7 Å². The van der Waals surface area contributed by atoms with Crippen molar-refractivity contribution in [3.05, 3.63) is 95.1 Å². The van der Waals surface area contributed by atoms with Crippen LogP contribution < -0.4 is 9.80 Å². The number of esters is 4. The lowest BCUT2D eigenvalue weighted by Gasteiger charge is -2.24. The molecule has 0 aliphatic heterocycles. The summed E-state index contributed by atoms with van der Waals surface area (Å²) in [4.78, 5) is 51.7. The zero-order valence-electron chi connectivity index (χ0n) is 32.5. The first-order valence-electron chi connectivity index (χ1n) is 18.0. The fraction of sp³-hybridized carbons (Fsp3) is 0.381. The van der Waals surface area contributed by atoms with Crippen LogP contribution in [0, 0.1) is 22.7 Å². The Morgan fingerprint density at radius 1 is 0.554 bits per heavy atom. The van der Waals surface area contributed by atoms with Crippen molar-refractivity contribution in [3.8, 4) is 12.1 Å². The molecule has 0 bridgehead atoms. The molecule has 0 heterocycles. The van der Waals surface area contributed by atoms with E-state index >= 15 is 0 Å². The molecule has 14 heteroatoms. The lowest BCUT2D eigenvalue weighted by Crippen LogP contribution is -2.28. The maximum absolute atomic E-state index is 12.3. The van der Waals surface area contributed by atoms with Gasteiger partial charge in [-0.2, -0.15) is 10.5 Å². The minimum absolute atomic E-state index is 0.137. The van der Waals surface area contributed by atoms with Gasteiger partial charge in [0.05, 0.1) is 26.4 Å². The first kappa shape index (κ1) is 45.9. The molecule has 2 rings (SSSR count). The van der Waals surface area contributed by atoms with E-state index < -0.39 is 23.9 Å². The molecule has 0 unspecified atom stereocenters. The molecule has 0 fully saturated rings. The van der Waals surface area contributed by atoms with E-state index in [1.54, 1.807) is 24.3 Å². The Labute approximate surface area is 328 Å². The second-order valence-corrected chi connectivity index (χ2v) is 12.0. The summed E-state index contributed by atoms with van der Waals surface area (Å²) in [6, 6.07) is 18.5. The van der Waals surface area contributed by atoms with Crippen molar-refractivity contribution in [2.24, 2.45) is 0 Å². The predicted octanol–water partition coefficient (Wildman–Crippen LogP) is 5.21. The van der Waals surface area contributed by atoms with Gasteiger partial charge in [0.25, 0.3) is 0 Å². The van der Waals surface area contributed by atoms with Crippen molar-refractivity contribution in [2.45, 2.75) is 27.7 Å². The number of hydrogen-bond acceptors (Lipinski definition) is 14. The molecule has 0 radical (unpaired) electrons. The fourth-order valence-electron chi connectivity index (χ4n) is 4.72. The Morgan fingerprint density at radius 3 is 1.16 bits per heavy atom. The van der Waals surface area contributed by atoms with Gasteiger partial charge in [-0.3, -0.25) is 0 Å². The van der Waals surface area contributed by atoms with Crippen LogP contribution in [0.1, 0.15) is 38.8 Å². The topological polar surface area (TPSA) is 178 Å². The summed E-state index contributed by atoms with van der Waals surface area (Å²) in [5.41, 5.74) is 3.34. The average molecular weight is 771 g/mol. The van der Waals surface area contributed by atoms with Crippen LogP contribution in [-0.4, -0.2) is 103 Å². The largest absolute Gasteiger partial charge is 0.459 e. The summed E-state index contributed by atoms with van der Waals surface area (Å²) in [6.07, 6.45) is 2.88. The summed E-state index contributed by atoms with van der Waals surface area (Å²) >= 11 is 0. The number of carbonyl (C=O) groups is 4. The number of nitriles is 2. The molecule has 2 aromatic carbocycles. The quantitative estimate of drug-likeness (QED) is 0.0422. The number of ether oxygens (including phenoxy) is 6. The molecule has 298 valence electrons. The molecule has 0 aromatic heterocycles. The number of benzene rings is 2. The van der Waals surface area contributed by atoms with Crippen LogP contribution in [0.25, 0.3) is 12.2 Å². The van der Waals surface area contributed by atoms with Gasteiger partial charge in [0.2, 0.25) is 0 Å². The molecule has 56 heavy (non-hydrogen) atoms. The van der Waals surface area contributed by atoms with Crippen molar-refractivity contribution in [1.29, 1.82) is 10.5 Å². The van der Waals surface area contributed by atoms with Crippen LogP contribution in [0.5, 0.6) is 0 Å². The SMILES string of the molecule is C=C(C)C(=O)OCCOC(=O)C(C#N)=Cc1ccc(N(CC)CCOCCOCCN(CC)c2ccc(C=C(C#N)C(=O)OCCOC(=O)C(=C)C)cc2)cc1. The Morgan fingerprint density at radius 2 is 0.875 bits per heavy atom. The van der Waals surface area contributed by atoms with Crippen molar-refractivity contribution >= 4 is 47.4 Å². The van der Waals surface area contributed by atoms with Crippen LogP contribution >= 0.6 is 0 Å². The van der Waals surface area contributed by atoms with Gasteiger partial charge in [0.15, 0.2) is 0 Å². The molecule has 0 aliphatic carbocycles. The van der Waals surface area contributed by atoms with E-state index in [4.69, 9.17) is 28.4 Å². The molecule has 0 spiro atoms. The van der Waals surface area contributed by atoms with Crippen molar-refractivity contribution in [2.75, 3.05) is 88.8 Å². The maximum atomic E-state index is 12.3. The van der Waals surface area contributed by atoms with E-state index in [1.807, 2.05) is 50.3 Å². The molecule has 0 saturated heterocycles. The number of nitrogens with zero attached hydrogens (tertiary/aromatic N) is 4. The van der Waals surface area contributed by atoms with E-state index in [0.717, 1.165) is 24.5 Å². The molecule has 2 aromatic rings. The Kier molecular flexibility index (Phi) is 21.1. The molecule has 0 aliphatic rings. The number of carbonyl (C=O) groups excluding carboxylic acids is 4. The fourth-order valence-corrected chi connectivity index (χ4v) is 4.72. The van der Waals surface area contributed by atoms with Gasteiger partial charge in [-0.15, -0.1) is 0 Å². The van der Waals surface area contributed by atoms with Crippen LogP contribution in [-0.2, 0) is 47.6 Å². The minimum Gasteiger partial charge on any atom is -0.459 e. The van der Waals surface area contributed by atoms with Gasteiger partial charge in [-0.25, -0.2) is 19.2 Å². The monoisotopic (exact) mass is 770 g/mol. The van der Waals surface area contributed by atoms with Crippen molar-refractivity contribution < 1.29 is 47.6 Å². The van der Waals surface area contributed by atoms with Crippen LogP contribution in [0.15, 0.2) is 84.0 Å². The van der Waals surface area contributed by atoms with E-state index in [0.29, 0.717) is 50.6 Å². The Balaban J connectivity index is 1.73. The Hall–Kier alpha value is -6.22. The third-order valence-corrected chi connectivity index (χ3v) is 7.76. The molecular weight excluding hydrogens is 720 g/mol. The second kappa shape index (κ2) is 25.7. The second-order valence-electron chi connectivity index (χ2n) is 12.0. The van der Waals surface area contributed by atoms with Gasteiger partial charge in [0, 0.05) is 48.7 Å². The van der Waals surface area contributed by atoms with Gasteiger partial charge in [-0.05, 0) is 75.2 Å². The number of anilines is 2. The first-order valence-corrected chi connectivity index (χ1v) is 18.0. The van der Waals surface area contributed by atoms with Crippen LogP contribution in [0.2, 0.25) is 0 Å². The highest BCUT2D eigenvalue weighted by atomic mass is 16.6. The van der Waals surface area contributed by atoms with Gasteiger partial charge in [0.1, 0.15) is 49.7 Å². The summed E-state index contributed by atoms with van der Waals surface area (Å²) < 4.78 is 31.5. The minimum atomic E-state index is -0.809. The van der Waals surface area contributed by atoms with Crippen LogP contribution in [0.4, 0.5) is 11.4 Å². The van der Waals surface area contributed by atoms with E-state index in [9.17, 15) is 29.7 Å². The smallest absolute Gasteiger partial charge is 0.349 e. The zero-order valence-corrected chi connectivity index (χ0v) is 32.5. The Bertz CT molecular complexity index is 1660. The molecule has 0 atom stereocenters. The third kappa shape index (κ3) is 16.8. The molecule has 0 amide bonds. The van der Waals surface area contributed by atoms with Crippen molar-refractivity contribution in [1.82, 2.24) is 0 Å².